The van der Waals surface area contributed by atoms with E-state index in [0.717, 1.165) is 37.7 Å². The Morgan fingerprint density at radius 1 is 1.08 bits per heavy atom. The number of benzene rings is 1. The van der Waals surface area contributed by atoms with Crippen LogP contribution < -0.4 is 15.4 Å². The number of methoxy groups -OCH3 is 1. The standard InChI is InChI=1S/C15H16BCl3N4OS/c1-24-11-2-4-12(5-3-11)25-23-8-6-22(7-9-23)14-10-13(17)20-15(21-14)16(18)19/h2-5,10H,6-9H2,1H3. The minimum Gasteiger partial charge on any atom is -0.497 e. The Morgan fingerprint density at radius 3 is 2.36 bits per heavy atom. The first-order chi connectivity index (χ1) is 12.0. The van der Waals surface area contributed by atoms with E-state index in [-0.39, 0.29) is 0 Å². The van der Waals surface area contributed by atoms with Gasteiger partial charge in [-0.2, -0.15) is 22.9 Å². The van der Waals surface area contributed by atoms with E-state index in [9.17, 15) is 0 Å². The van der Waals surface area contributed by atoms with Gasteiger partial charge in [-0.15, -0.1) is 0 Å². The second-order valence-corrected chi connectivity index (χ2v) is 8.04. The Labute approximate surface area is 166 Å². The quantitative estimate of drug-likeness (QED) is 0.423. The summed E-state index contributed by atoms with van der Waals surface area (Å²) in [7, 11) is 1.67. The van der Waals surface area contributed by atoms with Crippen LogP contribution in [-0.2, 0) is 0 Å². The molecule has 0 radical (unpaired) electrons. The fourth-order valence-corrected chi connectivity index (χ4v) is 3.76. The van der Waals surface area contributed by atoms with Gasteiger partial charge in [0.2, 0.25) is 0 Å². The van der Waals surface area contributed by atoms with Gasteiger partial charge in [0.25, 0.3) is 0 Å². The highest BCUT2D eigenvalue weighted by atomic mass is 35.5. The third-order valence-corrected chi connectivity index (χ3v) is 5.44. The average molecular weight is 418 g/mol. The first-order valence-corrected chi connectivity index (χ1v) is 9.72. The van der Waals surface area contributed by atoms with Crippen molar-refractivity contribution >= 4 is 63.6 Å². The van der Waals surface area contributed by atoms with Crippen molar-refractivity contribution < 1.29 is 4.74 Å². The van der Waals surface area contributed by atoms with Gasteiger partial charge >= 0.3 is 5.54 Å². The van der Waals surface area contributed by atoms with Crippen molar-refractivity contribution in [2.45, 2.75) is 4.90 Å². The Balaban J connectivity index is 1.59. The molecule has 10 heteroatoms. The molecule has 0 aliphatic carbocycles. The predicted octanol–water partition coefficient (Wildman–Crippen LogP) is 3.14. The summed E-state index contributed by atoms with van der Waals surface area (Å²) < 4.78 is 7.51. The summed E-state index contributed by atoms with van der Waals surface area (Å²) in [6.07, 6.45) is 0. The molecule has 2 heterocycles. The maximum atomic E-state index is 6.05. The van der Waals surface area contributed by atoms with Gasteiger partial charge in [0.1, 0.15) is 22.4 Å². The van der Waals surface area contributed by atoms with Crippen LogP contribution in [-0.4, -0.2) is 53.1 Å². The molecule has 1 fully saturated rings. The van der Waals surface area contributed by atoms with E-state index in [4.69, 9.17) is 39.3 Å². The van der Waals surface area contributed by atoms with E-state index in [0.29, 0.717) is 10.9 Å². The van der Waals surface area contributed by atoms with Gasteiger partial charge in [-0.1, -0.05) is 11.6 Å². The lowest BCUT2D eigenvalue weighted by molar-refractivity contribution is 0.414. The van der Waals surface area contributed by atoms with E-state index in [1.165, 1.54) is 4.90 Å². The summed E-state index contributed by atoms with van der Waals surface area (Å²) in [5.74, 6) is 1.62. The molecule has 0 atom stereocenters. The zero-order valence-corrected chi connectivity index (χ0v) is 16.6. The molecular weight excluding hydrogens is 401 g/mol. The first kappa shape index (κ1) is 18.9. The molecule has 1 aliphatic rings. The van der Waals surface area contributed by atoms with Crippen molar-refractivity contribution in [3.63, 3.8) is 0 Å². The van der Waals surface area contributed by atoms with E-state index < -0.39 is 5.54 Å². The lowest BCUT2D eigenvalue weighted by Gasteiger charge is -2.34. The average Bonchev–Trinajstić information content (AvgIpc) is 2.62. The van der Waals surface area contributed by atoms with Crippen LogP contribution in [0.15, 0.2) is 35.2 Å². The summed E-state index contributed by atoms with van der Waals surface area (Å²) >= 11 is 19.5. The Hall–Kier alpha value is -0.855. The second-order valence-electron chi connectivity index (χ2n) is 5.39. The molecule has 5 nitrogen and oxygen atoms in total. The molecule has 1 saturated heterocycles. The molecule has 0 saturated carbocycles. The fraction of sp³-hybridized carbons (Fsp3) is 0.333. The van der Waals surface area contributed by atoms with Crippen LogP contribution in [0.3, 0.4) is 0 Å². The van der Waals surface area contributed by atoms with Crippen molar-refractivity contribution in [1.29, 1.82) is 0 Å². The van der Waals surface area contributed by atoms with Crippen LogP contribution in [0.2, 0.25) is 5.15 Å². The number of aromatic nitrogens is 2. The minimum atomic E-state index is -0.788. The molecule has 1 aliphatic heterocycles. The van der Waals surface area contributed by atoms with Gasteiger partial charge in [-0.25, -0.2) is 14.3 Å². The van der Waals surface area contributed by atoms with Gasteiger partial charge in [-0.3, -0.25) is 0 Å². The van der Waals surface area contributed by atoms with Crippen molar-refractivity contribution in [2.75, 3.05) is 38.2 Å². The molecule has 25 heavy (non-hydrogen) atoms. The normalized spacial score (nSPS) is 15.3. The summed E-state index contributed by atoms with van der Waals surface area (Å²) in [6.45, 7) is 3.48. The zero-order valence-electron chi connectivity index (χ0n) is 13.5. The summed E-state index contributed by atoms with van der Waals surface area (Å²) in [5.41, 5.74) is -0.453. The topological polar surface area (TPSA) is 41.5 Å². The van der Waals surface area contributed by atoms with Crippen LogP contribution >= 0.6 is 46.5 Å². The molecule has 0 bridgehead atoms. The van der Waals surface area contributed by atoms with Crippen LogP contribution in [0.5, 0.6) is 5.75 Å². The summed E-state index contributed by atoms with van der Waals surface area (Å²) in [6, 6.07) is 9.81. The van der Waals surface area contributed by atoms with Crippen LogP contribution in [0.1, 0.15) is 0 Å². The maximum absolute atomic E-state index is 6.05. The van der Waals surface area contributed by atoms with Crippen LogP contribution in [0, 0.1) is 0 Å². The Bertz CT molecular complexity index is 714. The SMILES string of the molecule is COc1ccc(SN2CCN(c3cc(Cl)nc(B(Cl)Cl)n3)CC2)cc1. The third kappa shape index (κ3) is 5.08. The molecule has 0 unspecified atom stereocenters. The smallest absolute Gasteiger partial charge is 0.423 e. The van der Waals surface area contributed by atoms with Crippen molar-refractivity contribution in [2.24, 2.45) is 0 Å². The lowest BCUT2D eigenvalue weighted by atomic mass is 10.1. The number of hydrogen-bond acceptors (Lipinski definition) is 6. The van der Waals surface area contributed by atoms with Crippen molar-refractivity contribution in [3.05, 3.63) is 35.5 Å². The molecule has 0 amide bonds. The highest BCUT2D eigenvalue weighted by Crippen LogP contribution is 2.27. The van der Waals surface area contributed by atoms with Gasteiger partial charge in [-0.05, 0) is 36.2 Å². The molecule has 1 aromatic carbocycles. The molecule has 132 valence electrons. The van der Waals surface area contributed by atoms with Crippen LogP contribution in [0.25, 0.3) is 0 Å². The van der Waals surface area contributed by atoms with E-state index >= 15 is 0 Å². The van der Waals surface area contributed by atoms with Crippen molar-refractivity contribution in [3.8, 4) is 5.75 Å². The molecule has 2 aromatic rings. The number of ether oxygens (including phenoxy) is 1. The van der Waals surface area contributed by atoms with Gasteiger partial charge in [0, 0.05) is 37.1 Å². The monoisotopic (exact) mass is 416 g/mol. The van der Waals surface area contributed by atoms with Crippen molar-refractivity contribution in [1.82, 2.24) is 14.3 Å². The van der Waals surface area contributed by atoms with E-state index in [2.05, 4.69) is 31.3 Å². The molecule has 3 rings (SSSR count). The Morgan fingerprint density at radius 2 is 1.76 bits per heavy atom. The van der Waals surface area contributed by atoms with Gasteiger partial charge in [0.05, 0.1) is 7.11 Å². The summed E-state index contributed by atoms with van der Waals surface area (Å²) in [5, 5.41) is 0.348. The molecule has 1 aromatic heterocycles. The van der Waals surface area contributed by atoms with E-state index in [1.807, 2.05) is 12.1 Å². The van der Waals surface area contributed by atoms with Gasteiger partial charge < -0.3 is 9.64 Å². The van der Waals surface area contributed by atoms with Gasteiger partial charge in [0.15, 0.2) is 0 Å². The number of piperazine rings is 1. The van der Waals surface area contributed by atoms with Crippen LogP contribution in [0.4, 0.5) is 5.82 Å². The highest BCUT2D eigenvalue weighted by Gasteiger charge is 2.22. The molecular formula is C15H16BCl3N4OS. The number of nitrogens with zero attached hydrogens (tertiary/aromatic N) is 4. The number of anilines is 1. The maximum Gasteiger partial charge on any atom is 0.423 e. The largest absolute Gasteiger partial charge is 0.497 e. The molecule has 0 N–H and O–H groups in total. The fourth-order valence-electron chi connectivity index (χ4n) is 2.48. The highest BCUT2D eigenvalue weighted by molar-refractivity contribution is 7.97. The Kier molecular flexibility index (Phi) is 6.58. The third-order valence-electron chi connectivity index (χ3n) is 3.75. The zero-order chi connectivity index (χ0) is 17.8. The molecule has 0 spiro atoms. The predicted molar refractivity (Wildman–Crippen MR) is 107 cm³/mol. The van der Waals surface area contributed by atoms with E-state index in [1.54, 1.807) is 25.1 Å². The number of rotatable bonds is 5. The lowest BCUT2D eigenvalue weighted by Crippen LogP contribution is -2.44. The number of hydrogen-bond donors (Lipinski definition) is 0. The second kappa shape index (κ2) is 8.69. The minimum absolute atomic E-state index is 0.334. The number of halogens is 3. The first-order valence-electron chi connectivity index (χ1n) is 7.69. The summed E-state index contributed by atoms with van der Waals surface area (Å²) in [4.78, 5) is 11.8.